The summed E-state index contributed by atoms with van der Waals surface area (Å²) in [4.78, 5) is 14.5. The van der Waals surface area contributed by atoms with Crippen molar-refractivity contribution in [3.05, 3.63) is 0 Å². The van der Waals surface area contributed by atoms with Crippen molar-refractivity contribution in [2.75, 3.05) is 13.1 Å². The molecule has 0 spiro atoms. The van der Waals surface area contributed by atoms with Gasteiger partial charge in [0.15, 0.2) is 0 Å². The van der Waals surface area contributed by atoms with Crippen molar-refractivity contribution >= 4 is 6.09 Å². The zero-order valence-corrected chi connectivity index (χ0v) is 13.9. The van der Waals surface area contributed by atoms with Crippen molar-refractivity contribution in [1.82, 2.24) is 10.2 Å². The van der Waals surface area contributed by atoms with Crippen molar-refractivity contribution in [2.45, 2.75) is 84.4 Å². The van der Waals surface area contributed by atoms with E-state index in [1.807, 2.05) is 25.7 Å². The molecule has 1 amide bonds. The topological polar surface area (TPSA) is 41.6 Å². The third kappa shape index (κ3) is 5.70. The van der Waals surface area contributed by atoms with E-state index in [1.54, 1.807) is 0 Å². The molecule has 1 fully saturated rings. The number of carbonyl (C=O) groups is 1. The zero-order chi connectivity index (χ0) is 15.2. The van der Waals surface area contributed by atoms with E-state index in [-0.39, 0.29) is 12.1 Å². The summed E-state index contributed by atoms with van der Waals surface area (Å²) in [5.74, 6) is 0. The largest absolute Gasteiger partial charge is 0.444 e. The van der Waals surface area contributed by atoms with Gasteiger partial charge in [-0.05, 0) is 47.1 Å². The molecule has 1 N–H and O–H groups in total. The molecule has 0 aromatic heterocycles. The van der Waals surface area contributed by atoms with Gasteiger partial charge in [-0.25, -0.2) is 4.79 Å². The fraction of sp³-hybridized carbons (Fsp3) is 0.938. The van der Waals surface area contributed by atoms with Gasteiger partial charge >= 0.3 is 6.09 Å². The molecule has 4 heteroatoms. The first-order chi connectivity index (χ1) is 9.35. The van der Waals surface area contributed by atoms with E-state index >= 15 is 0 Å². The standard InChI is InChI=1S/C16H32N2O2/c1-6-17-12-13(2)18(14-10-8-7-9-11-14)15(19)20-16(3,4)5/h13-14,17H,6-12H2,1-5H3. The molecule has 1 saturated carbocycles. The lowest BCUT2D eigenvalue weighted by Crippen LogP contribution is -2.51. The minimum Gasteiger partial charge on any atom is -0.444 e. The Hall–Kier alpha value is -0.770. The molecule has 20 heavy (non-hydrogen) atoms. The highest BCUT2D eigenvalue weighted by Crippen LogP contribution is 2.26. The van der Waals surface area contributed by atoms with Gasteiger partial charge in [-0.2, -0.15) is 0 Å². The van der Waals surface area contributed by atoms with E-state index < -0.39 is 5.60 Å². The summed E-state index contributed by atoms with van der Waals surface area (Å²) in [5.41, 5.74) is -0.429. The van der Waals surface area contributed by atoms with Crippen LogP contribution < -0.4 is 5.32 Å². The molecule has 0 saturated heterocycles. The van der Waals surface area contributed by atoms with Gasteiger partial charge in [-0.1, -0.05) is 26.2 Å². The molecule has 1 atom stereocenters. The highest BCUT2D eigenvalue weighted by molar-refractivity contribution is 5.69. The van der Waals surface area contributed by atoms with Crippen LogP contribution in [0.1, 0.15) is 66.7 Å². The number of nitrogens with one attached hydrogen (secondary N) is 1. The van der Waals surface area contributed by atoms with Crippen molar-refractivity contribution in [1.29, 1.82) is 0 Å². The van der Waals surface area contributed by atoms with Crippen molar-refractivity contribution < 1.29 is 9.53 Å². The smallest absolute Gasteiger partial charge is 0.410 e. The number of nitrogens with zero attached hydrogens (tertiary/aromatic N) is 1. The maximum atomic E-state index is 12.5. The average molecular weight is 284 g/mol. The van der Waals surface area contributed by atoms with E-state index in [2.05, 4.69) is 19.2 Å². The Morgan fingerprint density at radius 1 is 1.30 bits per heavy atom. The van der Waals surface area contributed by atoms with Gasteiger partial charge in [0.2, 0.25) is 0 Å². The van der Waals surface area contributed by atoms with Gasteiger partial charge < -0.3 is 15.0 Å². The second kappa shape index (κ2) is 7.87. The lowest BCUT2D eigenvalue weighted by molar-refractivity contribution is 0.00224. The predicted molar refractivity (Wildman–Crippen MR) is 83.0 cm³/mol. The predicted octanol–water partition coefficient (Wildman–Crippen LogP) is 3.55. The Morgan fingerprint density at radius 3 is 2.40 bits per heavy atom. The Bertz CT molecular complexity index is 293. The third-order valence-corrected chi connectivity index (χ3v) is 3.74. The molecule has 0 heterocycles. The number of likely N-dealkylation sites (N-methyl/N-ethyl adjacent to an activating group) is 1. The second-order valence-corrected chi connectivity index (χ2v) is 6.84. The Labute approximate surface area is 124 Å². The van der Waals surface area contributed by atoms with Crippen LogP contribution in [-0.2, 0) is 4.74 Å². The van der Waals surface area contributed by atoms with Gasteiger partial charge in [0.1, 0.15) is 5.60 Å². The Balaban J connectivity index is 2.74. The summed E-state index contributed by atoms with van der Waals surface area (Å²) in [6.45, 7) is 11.7. The maximum Gasteiger partial charge on any atom is 0.410 e. The molecule has 118 valence electrons. The zero-order valence-electron chi connectivity index (χ0n) is 13.9. The monoisotopic (exact) mass is 284 g/mol. The van der Waals surface area contributed by atoms with Crippen molar-refractivity contribution in [3.8, 4) is 0 Å². The van der Waals surface area contributed by atoms with Gasteiger partial charge in [-0.15, -0.1) is 0 Å². The molecular formula is C16H32N2O2. The molecule has 0 aromatic carbocycles. The summed E-state index contributed by atoms with van der Waals surface area (Å²) >= 11 is 0. The first-order valence-electron chi connectivity index (χ1n) is 8.07. The highest BCUT2D eigenvalue weighted by Gasteiger charge is 2.32. The van der Waals surface area contributed by atoms with E-state index in [4.69, 9.17) is 4.74 Å². The van der Waals surface area contributed by atoms with Gasteiger partial charge in [0.25, 0.3) is 0 Å². The number of carbonyl (C=O) groups excluding carboxylic acids is 1. The van der Waals surface area contributed by atoms with Crippen LogP contribution in [0.25, 0.3) is 0 Å². The van der Waals surface area contributed by atoms with E-state index in [0.717, 1.165) is 25.9 Å². The van der Waals surface area contributed by atoms with E-state index in [1.165, 1.54) is 19.3 Å². The molecular weight excluding hydrogens is 252 g/mol. The van der Waals surface area contributed by atoms with E-state index in [9.17, 15) is 4.79 Å². The van der Waals surface area contributed by atoms with Crippen LogP contribution in [0, 0.1) is 0 Å². The molecule has 0 bridgehead atoms. The molecule has 1 aliphatic carbocycles. The van der Waals surface area contributed by atoms with Crippen molar-refractivity contribution in [2.24, 2.45) is 0 Å². The summed E-state index contributed by atoms with van der Waals surface area (Å²) < 4.78 is 5.61. The minimum absolute atomic E-state index is 0.158. The lowest BCUT2D eigenvalue weighted by Gasteiger charge is -2.39. The number of ether oxygens (including phenoxy) is 1. The van der Waals surface area contributed by atoms with Crippen LogP contribution in [0.5, 0.6) is 0 Å². The molecule has 0 radical (unpaired) electrons. The van der Waals surface area contributed by atoms with Crippen molar-refractivity contribution in [3.63, 3.8) is 0 Å². The molecule has 1 rings (SSSR count). The van der Waals surface area contributed by atoms with Crippen LogP contribution in [-0.4, -0.2) is 41.8 Å². The first-order valence-corrected chi connectivity index (χ1v) is 8.07. The number of amides is 1. The summed E-state index contributed by atoms with van der Waals surface area (Å²) in [5, 5.41) is 3.34. The van der Waals surface area contributed by atoms with Crippen LogP contribution in [0.15, 0.2) is 0 Å². The molecule has 4 nitrogen and oxygen atoms in total. The maximum absolute atomic E-state index is 12.5. The number of hydrogen-bond donors (Lipinski definition) is 1. The van der Waals surface area contributed by atoms with Crippen LogP contribution in [0.3, 0.4) is 0 Å². The fourth-order valence-corrected chi connectivity index (χ4v) is 2.81. The fourth-order valence-electron chi connectivity index (χ4n) is 2.81. The Kier molecular flexibility index (Phi) is 6.80. The van der Waals surface area contributed by atoms with Gasteiger partial charge in [0.05, 0.1) is 0 Å². The normalized spacial score (nSPS) is 18.6. The number of hydrogen-bond acceptors (Lipinski definition) is 3. The summed E-state index contributed by atoms with van der Waals surface area (Å²) in [6, 6.07) is 0.514. The highest BCUT2D eigenvalue weighted by atomic mass is 16.6. The minimum atomic E-state index is -0.429. The first kappa shape index (κ1) is 17.3. The molecule has 0 aromatic rings. The molecule has 0 aliphatic heterocycles. The average Bonchev–Trinajstić information content (AvgIpc) is 2.35. The van der Waals surface area contributed by atoms with Crippen LogP contribution in [0.4, 0.5) is 4.79 Å². The van der Waals surface area contributed by atoms with Crippen LogP contribution in [0.2, 0.25) is 0 Å². The summed E-state index contributed by atoms with van der Waals surface area (Å²) in [6.07, 6.45) is 5.79. The van der Waals surface area contributed by atoms with Gasteiger partial charge in [-0.3, -0.25) is 0 Å². The van der Waals surface area contributed by atoms with Crippen LogP contribution >= 0.6 is 0 Å². The quantitative estimate of drug-likeness (QED) is 0.839. The SMILES string of the molecule is CCNCC(C)N(C(=O)OC(C)(C)C)C1CCCCC1. The third-order valence-electron chi connectivity index (χ3n) is 3.74. The lowest BCUT2D eigenvalue weighted by atomic mass is 9.93. The number of rotatable bonds is 5. The van der Waals surface area contributed by atoms with E-state index in [0.29, 0.717) is 6.04 Å². The Morgan fingerprint density at radius 2 is 1.90 bits per heavy atom. The summed E-state index contributed by atoms with van der Waals surface area (Å²) in [7, 11) is 0. The molecule has 1 unspecified atom stereocenters. The van der Waals surface area contributed by atoms with Gasteiger partial charge in [0, 0.05) is 18.6 Å². The second-order valence-electron chi connectivity index (χ2n) is 6.84. The molecule has 1 aliphatic rings.